The summed E-state index contributed by atoms with van der Waals surface area (Å²) in [6, 6.07) is 85.1. The van der Waals surface area contributed by atoms with Crippen LogP contribution in [0.5, 0.6) is 0 Å². The van der Waals surface area contributed by atoms with Crippen LogP contribution in [0.3, 0.4) is 0 Å². The Balaban J connectivity index is 0.889. The molecular formula is C88H54N8O4. The van der Waals surface area contributed by atoms with Gasteiger partial charge in [-0.1, -0.05) is 194 Å². The van der Waals surface area contributed by atoms with Gasteiger partial charge in [-0.2, -0.15) is 0 Å². The third-order valence-electron chi connectivity index (χ3n) is 19.0. The molecule has 0 unspecified atom stereocenters. The third-order valence-corrected chi connectivity index (χ3v) is 19.0. The lowest BCUT2D eigenvalue weighted by Gasteiger charge is -2.09. The molecule has 5 aliphatic heterocycles. The van der Waals surface area contributed by atoms with Gasteiger partial charge in [0, 0.05) is 99.8 Å². The van der Waals surface area contributed by atoms with Gasteiger partial charge in [-0.3, -0.25) is 9.59 Å². The molecule has 6 aliphatic rings. The molecule has 0 radical (unpaired) electrons. The van der Waals surface area contributed by atoms with Gasteiger partial charge in [-0.15, -0.1) is 0 Å². The molecule has 0 atom stereocenters. The van der Waals surface area contributed by atoms with Crippen molar-refractivity contribution in [2.24, 2.45) is 0 Å². The number of nitrogens with one attached hydrogen (secondary N) is 4. The molecule has 12 heteroatoms. The van der Waals surface area contributed by atoms with E-state index in [4.69, 9.17) is 28.8 Å². The number of fused-ring (bicyclic) bond motifs is 17. The Bertz CT molecular complexity index is 6530. The molecule has 16 bridgehead atoms. The zero-order chi connectivity index (χ0) is 66.4. The van der Waals surface area contributed by atoms with E-state index in [1.165, 1.54) is 0 Å². The minimum atomic E-state index is -0.875. The molecule has 19 rings (SSSR count). The first-order valence-electron chi connectivity index (χ1n) is 33.1. The molecule has 13 aromatic rings. The van der Waals surface area contributed by atoms with Crippen LogP contribution in [-0.4, -0.2) is 39.9 Å². The maximum Gasteiger partial charge on any atom is 0.272 e. The zero-order valence-corrected chi connectivity index (χ0v) is 53.3. The predicted octanol–water partition coefficient (Wildman–Crippen LogP) is 20.7. The van der Waals surface area contributed by atoms with E-state index < -0.39 is 10.9 Å². The van der Waals surface area contributed by atoms with Gasteiger partial charge in [0.2, 0.25) is 10.8 Å². The number of nitrogens with zero attached hydrogens (tertiary/aromatic N) is 4. The van der Waals surface area contributed by atoms with E-state index >= 15 is 9.59 Å². The highest BCUT2D eigenvalue weighted by atomic mass is 16.4. The van der Waals surface area contributed by atoms with Gasteiger partial charge < -0.3 is 28.8 Å². The van der Waals surface area contributed by atoms with Crippen LogP contribution < -0.4 is 10.9 Å². The van der Waals surface area contributed by atoms with E-state index in [0.29, 0.717) is 50.4 Å². The third kappa shape index (κ3) is 9.76. The first-order valence-corrected chi connectivity index (χ1v) is 33.1. The zero-order valence-electron chi connectivity index (χ0n) is 53.3. The minimum absolute atomic E-state index is 0.0487. The lowest BCUT2D eigenvalue weighted by atomic mass is 10.0. The fourth-order valence-corrected chi connectivity index (χ4v) is 14.5. The molecule has 0 fully saturated rings. The number of rotatable bonds is 8. The van der Waals surface area contributed by atoms with Crippen molar-refractivity contribution in [1.82, 2.24) is 39.9 Å². The second kappa shape index (κ2) is 23.5. The van der Waals surface area contributed by atoms with E-state index in [-0.39, 0.29) is 22.0 Å². The number of aromatic nitrogens is 8. The second-order valence-electron chi connectivity index (χ2n) is 24.9. The van der Waals surface area contributed by atoms with Gasteiger partial charge in [0.15, 0.2) is 16.6 Å². The Morgan fingerprint density at radius 2 is 0.500 bits per heavy atom. The topological polar surface area (TPSA) is 175 Å². The first-order chi connectivity index (χ1) is 49.4. The molecule has 0 saturated carbocycles. The Labute approximate surface area is 570 Å². The Morgan fingerprint density at radius 3 is 0.790 bits per heavy atom. The molecule has 470 valence electrons. The van der Waals surface area contributed by atoms with E-state index in [0.717, 1.165) is 128 Å². The summed E-state index contributed by atoms with van der Waals surface area (Å²) in [5, 5.41) is 0. The van der Waals surface area contributed by atoms with Crippen LogP contribution in [0.1, 0.15) is 45.6 Å². The highest BCUT2D eigenvalue weighted by molar-refractivity contribution is 6.05. The van der Waals surface area contributed by atoms with Crippen molar-refractivity contribution < 1.29 is 8.83 Å². The van der Waals surface area contributed by atoms with Crippen molar-refractivity contribution in [2.45, 2.75) is 0 Å². The lowest BCUT2D eigenvalue weighted by Crippen LogP contribution is -2.26. The number of H-pyrrole nitrogens is 4. The predicted molar refractivity (Wildman–Crippen MR) is 405 cm³/mol. The van der Waals surface area contributed by atoms with Crippen LogP contribution in [0, 0.1) is 10.8 Å². The van der Waals surface area contributed by atoms with E-state index in [2.05, 4.69) is 159 Å². The fraction of sp³-hybridized carbons (Fsp3) is 0. The molecule has 0 saturated heterocycles. The first kappa shape index (κ1) is 57.6. The quantitative estimate of drug-likeness (QED) is 0.109. The SMILES string of the molecule is O=c1c(-c2c3nc(c(-c4ccccc4)c4ccc([nH]4)c(-c4ccccc4)c4nc(c(-c5ccccc5)c5ccc2[nH]5)C=C4)C=C3)cc2oc3c(-c4c5nc(c(-c6ccccc6)c6ccc([nH]6)c(-c6ccccc6)c6nc(c(-c7ccccc7)c7ccc4[nH]7)C=C6)C=C5)cccc3oc=2c1=O. The molecule has 4 N–H and O–H groups in total. The van der Waals surface area contributed by atoms with Crippen LogP contribution in [0.2, 0.25) is 0 Å². The van der Waals surface area contributed by atoms with E-state index in [1.807, 2.05) is 152 Å². The summed E-state index contributed by atoms with van der Waals surface area (Å²) in [6.07, 6.45) is 16.2. The largest absolute Gasteiger partial charge is 0.449 e. The molecule has 12 nitrogen and oxygen atoms in total. The Hall–Kier alpha value is -13.8. The van der Waals surface area contributed by atoms with Gasteiger partial charge >= 0.3 is 0 Å². The standard InChI is InChI=1S/C88H54N8O4/c97-85-58(84-73-48-44-69(95-73)81(55-28-15-5-16-29-55)65-40-36-61(91-65)78(52-22-9-2-10-23-52)62-37-41-66(92-62)82(56-30-17-6-18-31-56)70-45-49-74(84)96-70)50-76-88(86(85)98)99-75-33-19-32-57(87(75)100-76)83-71-46-42-67(93-71)79(53-24-11-3-12-25-53)63-38-34-59(89-63)77(51-20-7-1-8-21-51)60-35-39-64(90-60)80(54-26-13-4-14-27-54)68-43-47-72(83)94-68/h1-50,89,91,94,96H. The van der Waals surface area contributed by atoms with Crippen LogP contribution >= 0.6 is 0 Å². The number of para-hydroxylation sites is 1. The van der Waals surface area contributed by atoms with Gasteiger partial charge in [0.25, 0.3) is 5.43 Å². The Kier molecular flexibility index (Phi) is 13.5. The van der Waals surface area contributed by atoms with Crippen molar-refractivity contribution in [3.63, 3.8) is 0 Å². The van der Waals surface area contributed by atoms with Crippen molar-refractivity contribution in [1.29, 1.82) is 0 Å². The monoisotopic (exact) mass is 1290 g/mol. The highest BCUT2D eigenvalue weighted by Crippen LogP contribution is 2.43. The molecule has 6 aromatic heterocycles. The molecule has 100 heavy (non-hydrogen) atoms. The van der Waals surface area contributed by atoms with Gasteiger partial charge in [-0.25, -0.2) is 19.9 Å². The summed E-state index contributed by atoms with van der Waals surface area (Å²) in [4.78, 5) is 67.8. The second-order valence-corrected chi connectivity index (χ2v) is 24.9. The summed E-state index contributed by atoms with van der Waals surface area (Å²) in [6.45, 7) is 0. The minimum Gasteiger partial charge on any atom is -0.449 e. The molecule has 7 aromatic carbocycles. The van der Waals surface area contributed by atoms with Crippen molar-refractivity contribution in [2.75, 3.05) is 0 Å². The molecule has 1 aliphatic carbocycles. The van der Waals surface area contributed by atoms with Gasteiger partial charge in [0.1, 0.15) is 0 Å². The summed E-state index contributed by atoms with van der Waals surface area (Å²) in [5.74, 6) is 0. The van der Waals surface area contributed by atoms with Crippen molar-refractivity contribution >= 4 is 104 Å². The van der Waals surface area contributed by atoms with Crippen molar-refractivity contribution in [3.05, 3.63) is 332 Å². The molecule has 0 amide bonds. The van der Waals surface area contributed by atoms with E-state index in [9.17, 15) is 0 Å². The summed E-state index contributed by atoms with van der Waals surface area (Å²) in [7, 11) is 0. The van der Waals surface area contributed by atoms with Crippen molar-refractivity contribution in [3.8, 4) is 89.0 Å². The number of benzene rings is 7. The highest BCUT2D eigenvalue weighted by Gasteiger charge is 2.26. The smallest absolute Gasteiger partial charge is 0.272 e. The summed E-state index contributed by atoms with van der Waals surface area (Å²) >= 11 is 0. The maximum atomic E-state index is 15.4. The Morgan fingerprint density at radius 1 is 0.240 bits per heavy atom. The van der Waals surface area contributed by atoms with Gasteiger partial charge in [0.05, 0.1) is 45.6 Å². The van der Waals surface area contributed by atoms with Gasteiger partial charge in [-0.05, 0) is 143 Å². The number of hydrogen-bond acceptors (Lipinski definition) is 8. The van der Waals surface area contributed by atoms with Crippen LogP contribution in [-0.2, 0) is 0 Å². The number of aromatic amines is 4. The van der Waals surface area contributed by atoms with Crippen LogP contribution in [0.4, 0.5) is 0 Å². The van der Waals surface area contributed by atoms with E-state index in [1.54, 1.807) is 12.1 Å². The van der Waals surface area contributed by atoms with Crippen LogP contribution in [0.15, 0.2) is 273 Å². The number of hydrogen-bond donors (Lipinski definition) is 4. The molecule has 0 spiro atoms. The molecule has 11 heterocycles. The lowest BCUT2D eigenvalue weighted by molar-refractivity contribution is 0.469. The summed E-state index contributed by atoms with van der Waals surface area (Å²) in [5.41, 5.74) is 23.3. The molecular weight excluding hydrogens is 1230 g/mol. The summed E-state index contributed by atoms with van der Waals surface area (Å²) < 4.78 is 13.9. The average molecular weight is 1290 g/mol. The van der Waals surface area contributed by atoms with Crippen LogP contribution in [0.25, 0.3) is 193 Å². The average Bonchev–Trinajstić information content (AvgIpc) is 1.21. The maximum absolute atomic E-state index is 15.4. The fourth-order valence-electron chi connectivity index (χ4n) is 14.5. The normalized spacial score (nSPS) is 12.3.